The van der Waals surface area contributed by atoms with Gasteiger partial charge in [-0.15, -0.1) is 6.58 Å². The fourth-order valence-electron chi connectivity index (χ4n) is 2.17. The van der Waals surface area contributed by atoms with Gasteiger partial charge >= 0.3 is 6.03 Å². The van der Waals surface area contributed by atoms with E-state index in [-0.39, 0.29) is 12.2 Å². The molecule has 6 nitrogen and oxygen atoms in total. The Bertz CT molecular complexity index is 669. The number of carbonyl (C=O) groups excluding carboxylic acids is 4. The summed E-state index contributed by atoms with van der Waals surface area (Å²) >= 11 is 5.78. The van der Waals surface area contributed by atoms with E-state index in [1.54, 1.807) is 0 Å². The molecule has 7 heteroatoms. The first-order valence-electron chi connectivity index (χ1n) is 6.44. The van der Waals surface area contributed by atoms with Crippen molar-refractivity contribution in [1.29, 1.82) is 0 Å². The van der Waals surface area contributed by atoms with E-state index in [0.717, 1.165) is 16.7 Å². The van der Waals surface area contributed by atoms with E-state index < -0.39 is 29.5 Å². The van der Waals surface area contributed by atoms with Crippen LogP contribution < -0.4 is 4.90 Å². The number of barbiturate groups is 1. The van der Waals surface area contributed by atoms with Gasteiger partial charge in [-0.05, 0) is 31.2 Å². The molecule has 0 aromatic heterocycles. The van der Waals surface area contributed by atoms with E-state index in [2.05, 4.69) is 6.58 Å². The number of anilines is 1. The monoisotopic (exact) mass is 320 g/mol. The summed E-state index contributed by atoms with van der Waals surface area (Å²) in [6.07, 6.45) is 1.35. The lowest BCUT2D eigenvalue weighted by molar-refractivity contribution is -0.145. The molecule has 0 saturated carbocycles. The van der Waals surface area contributed by atoms with E-state index in [9.17, 15) is 19.2 Å². The molecule has 1 fully saturated rings. The number of hydrogen-bond acceptors (Lipinski definition) is 4. The number of nitrogens with zero attached hydrogens (tertiary/aromatic N) is 2. The Labute approximate surface area is 131 Å². The van der Waals surface area contributed by atoms with Gasteiger partial charge in [0, 0.05) is 11.6 Å². The van der Waals surface area contributed by atoms with Gasteiger partial charge in [0.25, 0.3) is 11.8 Å². The smallest absolute Gasteiger partial charge is 0.299 e. The van der Waals surface area contributed by atoms with E-state index in [4.69, 9.17) is 11.6 Å². The molecule has 1 atom stereocenters. The average Bonchev–Trinajstić information content (AvgIpc) is 2.45. The maximum Gasteiger partial charge on any atom is 0.338 e. The summed E-state index contributed by atoms with van der Waals surface area (Å²) in [7, 11) is 0. The molecule has 1 aliphatic heterocycles. The van der Waals surface area contributed by atoms with Crippen molar-refractivity contribution in [3.63, 3.8) is 0 Å². The number of hydrogen-bond donors (Lipinski definition) is 0. The van der Waals surface area contributed by atoms with Gasteiger partial charge in [0.05, 0.1) is 5.69 Å². The number of imide groups is 2. The molecule has 114 valence electrons. The van der Waals surface area contributed by atoms with Crippen LogP contribution in [0.3, 0.4) is 0 Å². The topological polar surface area (TPSA) is 74.8 Å². The van der Waals surface area contributed by atoms with Crippen LogP contribution in [0.4, 0.5) is 10.5 Å². The van der Waals surface area contributed by atoms with Gasteiger partial charge in [-0.25, -0.2) is 9.69 Å². The summed E-state index contributed by atoms with van der Waals surface area (Å²) in [5, 5.41) is 0.433. The Morgan fingerprint density at radius 2 is 1.82 bits per heavy atom. The minimum atomic E-state index is -1.52. The fraction of sp³-hybridized carbons (Fsp3) is 0.200. The Morgan fingerprint density at radius 1 is 1.23 bits per heavy atom. The molecule has 1 saturated heterocycles. The quantitative estimate of drug-likeness (QED) is 0.628. The first-order valence-corrected chi connectivity index (χ1v) is 6.82. The maximum absolute atomic E-state index is 12.4. The molecule has 1 aliphatic rings. The highest BCUT2D eigenvalue weighted by Gasteiger charge is 2.48. The molecule has 0 bridgehead atoms. The van der Waals surface area contributed by atoms with E-state index in [1.165, 1.54) is 30.3 Å². The van der Waals surface area contributed by atoms with Crippen molar-refractivity contribution in [2.75, 3.05) is 11.4 Å². The highest BCUT2D eigenvalue weighted by atomic mass is 35.5. The molecule has 0 spiro atoms. The zero-order valence-electron chi connectivity index (χ0n) is 11.8. The van der Waals surface area contributed by atoms with Gasteiger partial charge in [0.15, 0.2) is 11.7 Å². The van der Waals surface area contributed by atoms with Crippen LogP contribution in [0, 0.1) is 5.92 Å². The van der Waals surface area contributed by atoms with Crippen molar-refractivity contribution in [3.05, 3.63) is 41.9 Å². The third-order valence-corrected chi connectivity index (χ3v) is 3.46. The predicted octanol–water partition coefficient (Wildman–Crippen LogP) is 2.03. The van der Waals surface area contributed by atoms with Crippen LogP contribution in [0.15, 0.2) is 36.9 Å². The van der Waals surface area contributed by atoms with E-state index in [0.29, 0.717) is 5.02 Å². The minimum Gasteiger partial charge on any atom is -0.299 e. The SMILES string of the molecule is C=CCN1C(=O)C(C(C)=O)C(=O)N(c2ccc(Cl)cc2)C1=O. The van der Waals surface area contributed by atoms with Crippen LogP contribution in [-0.2, 0) is 14.4 Å². The first-order chi connectivity index (χ1) is 10.4. The number of amides is 4. The molecular weight excluding hydrogens is 308 g/mol. The van der Waals surface area contributed by atoms with Gasteiger partial charge in [0.2, 0.25) is 0 Å². The molecule has 1 unspecified atom stereocenters. The van der Waals surface area contributed by atoms with E-state index in [1.807, 2.05) is 0 Å². The summed E-state index contributed by atoms with van der Waals surface area (Å²) in [4.78, 5) is 50.3. The Hall–Kier alpha value is -2.47. The normalized spacial score (nSPS) is 18.6. The van der Waals surface area contributed by atoms with Crippen molar-refractivity contribution in [2.24, 2.45) is 5.92 Å². The molecule has 0 N–H and O–H groups in total. The molecule has 1 aromatic carbocycles. The molecule has 1 heterocycles. The van der Waals surface area contributed by atoms with Crippen molar-refractivity contribution < 1.29 is 19.2 Å². The van der Waals surface area contributed by atoms with E-state index >= 15 is 0 Å². The zero-order chi connectivity index (χ0) is 16.4. The number of urea groups is 1. The number of halogens is 1. The fourth-order valence-corrected chi connectivity index (χ4v) is 2.30. The highest BCUT2D eigenvalue weighted by Crippen LogP contribution is 2.26. The molecular formula is C15H13ClN2O4. The van der Waals surface area contributed by atoms with Crippen LogP contribution in [-0.4, -0.2) is 35.1 Å². The zero-order valence-corrected chi connectivity index (χ0v) is 12.5. The lowest BCUT2D eigenvalue weighted by atomic mass is 9.98. The first kappa shape index (κ1) is 15.9. The lowest BCUT2D eigenvalue weighted by Crippen LogP contribution is -2.61. The van der Waals surface area contributed by atoms with Gasteiger partial charge < -0.3 is 0 Å². The number of rotatable bonds is 4. The summed E-state index contributed by atoms with van der Waals surface area (Å²) < 4.78 is 0. The van der Waals surface area contributed by atoms with Crippen LogP contribution in [0.1, 0.15) is 6.92 Å². The third-order valence-electron chi connectivity index (χ3n) is 3.21. The summed E-state index contributed by atoms with van der Waals surface area (Å²) in [6, 6.07) is 5.15. The molecule has 4 amide bonds. The number of benzene rings is 1. The maximum atomic E-state index is 12.4. The average molecular weight is 321 g/mol. The lowest BCUT2D eigenvalue weighted by Gasteiger charge is -2.35. The summed E-state index contributed by atoms with van der Waals surface area (Å²) in [5.41, 5.74) is 0.243. The highest BCUT2D eigenvalue weighted by molar-refractivity contribution is 6.34. The Morgan fingerprint density at radius 3 is 2.32 bits per heavy atom. The summed E-state index contributed by atoms with van der Waals surface area (Å²) in [6.45, 7) is 4.53. The minimum absolute atomic E-state index is 0.0845. The second-order valence-corrected chi connectivity index (χ2v) is 5.15. The number of carbonyl (C=O) groups is 4. The second-order valence-electron chi connectivity index (χ2n) is 4.71. The van der Waals surface area contributed by atoms with Crippen molar-refractivity contribution in [1.82, 2.24) is 4.90 Å². The van der Waals surface area contributed by atoms with Gasteiger partial charge in [-0.3, -0.25) is 19.3 Å². The number of Topliss-reactive ketones (excluding diaryl/α,β-unsaturated/α-hetero) is 1. The predicted molar refractivity (Wildman–Crippen MR) is 80.4 cm³/mol. The Balaban J connectivity index is 2.50. The van der Waals surface area contributed by atoms with Gasteiger partial charge in [0.1, 0.15) is 0 Å². The standard InChI is InChI=1S/C15H13ClN2O4/c1-3-8-17-13(20)12(9(2)19)14(21)18(15(17)22)11-6-4-10(16)5-7-11/h3-7,12H,1,8H2,2H3. The molecule has 22 heavy (non-hydrogen) atoms. The largest absolute Gasteiger partial charge is 0.338 e. The molecule has 0 aliphatic carbocycles. The van der Waals surface area contributed by atoms with Crippen LogP contribution >= 0.6 is 11.6 Å². The van der Waals surface area contributed by atoms with Crippen LogP contribution in [0.5, 0.6) is 0 Å². The van der Waals surface area contributed by atoms with Crippen molar-refractivity contribution in [2.45, 2.75) is 6.92 Å². The van der Waals surface area contributed by atoms with Crippen molar-refractivity contribution in [3.8, 4) is 0 Å². The molecule has 2 rings (SSSR count). The number of ketones is 1. The van der Waals surface area contributed by atoms with Crippen LogP contribution in [0.25, 0.3) is 0 Å². The Kier molecular flexibility index (Phi) is 4.42. The second kappa shape index (κ2) is 6.11. The van der Waals surface area contributed by atoms with Crippen LogP contribution in [0.2, 0.25) is 5.02 Å². The van der Waals surface area contributed by atoms with Gasteiger partial charge in [-0.2, -0.15) is 0 Å². The van der Waals surface area contributed by atoms with Crippen molar-refractivity contribution >= 4 is 40.9 Å². The molecule has 1 aromatic rings. The third kappa shape index (κ3) is 2.65. The molecule has 0 radical (unpaired) electrons. The van der Waals surface area contributed by atoms with Gasteiger partial charge in [-0.1, -0.05) is 17.7 Å². The summed E-state index contributed by atoms with van der Waals surface area (Å²) in [5.74, 6) is -3.82.